The van der Waals surface area contributed by atoms with Gasteiger partial charge in [0.1, 0.15) is 12.4 Å². The number of nitrogens with zero attached hydrogens (tertiary/aromatic N) is 1. The molecule has 0 saturated heterocycles. The Morgan fingerprint density at radius 1 is 0.938 bits per heavy atom. The average molecular weight is 472 g/mol. The van der Waals surface area contributed by atoms with Gasteiger partial charge < -0.3 is 23.9 Å². The summed E-state index contributed by atoms with van der Waals surface area (Å²) in [6, 6.07) is 9.29. The molecule has 0 radical (unpaired) electrons. The Bertz CT molecular complexity index is 850. The fraction of sp³-hybridized carbons (Fsp3) is 0.500. The molecule has 172 valence electrons. The van der Waals surface area contributed by atoms with Gasteiger partial charge in [-0.3, -0.25) is 0 Å². The number of aromatic nitrogens is 1. The van der Waals surface area contributed by atoms with Gasteiger partial charge in [-0.2, -0.15) is 0 Å². The van der Waals surface area contributed by atoms with E-state index in [-0.39, 0.29) is 71.3 Å². The third kappa shape index (κ3) is 9.47. The van der Waals surface area contributed by atoms with Crippen LogP contribution >= 0.6 is 0 Å². The number of benzene rings is 1. The van der Waals surface area contributed by atoms with Crippen LogP contribution in [-0.2, 0) is 20.9 Å². The number of hydrogen-bond donors (Lipinski definition) is 0. The fourth-order valence-electron chi connectivity index (χ4n) is 2.83. The van der Waals surface area contributed by atoms with Gasteiger partial charge in [0.25, 0.3) is 0 Å². The summed E-state index contributed by atoms with van der Waals surface area (Å²) in [4.78, 5) is 25.4. The minimum Gasteiger partial charge on any atom is -0.850 e. The van der Waals surface area contributed by atoms with Crippen LogP contribution in [0.1, 0.15) is 68.1 Å². The number of carbonyl (C=O) groups is 2. The number of carbonyl (C=O) groups excluding carboxylic acids is 2. The maximum atomic E-state index is 12.7. The molecule has 0 saturated carbocycles. The summed E-state index contributed by atoms with van der Waals surface area (Å²) in [5.74, 6) is -0.964. The number of ether oxygens (including phenoxy) is 3. The smallest absolute Gasteiger partial charge is 0.850 e. The Balaban J connectivity index is 0.00000144. The zero-order valence-corrected chi connectivity index (χ0v) is 23.7. The van der Waals surface area contributed by atoms with Crippen molar-refractivity contribution in [1.82, 2.24) is 4.57 Å². The van der Waals surface area contributed by atoms with Crippen molar-refractivity contribution in [3.8, 4) is 11.1 Å². The van der Waals surface area contributed by atoms with E-state index in [0.717, 1.165) is 5.56 Å². The monoisotopic (exact) mass is 471 g/mol. The van der Waals surface area contributed by atoms with Crippen LogP contribution in [0.15, 0.2) is 30.3 Å². The molecule has 2 rings (SSSR count). The predicted molar refractivity (Wildman–Crippen MR) is 118 cm³/mol. The van der Waals surface area contributed by atoms with Crippen molar-refractivity contribution in [2.45, 2.75) is 60.8 Å². The molecule has 0 aliphatic carbocycles. The number of rotatable bonds is 8. The largest absolute Gasteiger partial charge is 1.00 e. The van der Waals surface area contributed by atoms with E-state index in [0.29, 0.717) is 29.1 Å². The summed E-state index contributed by atoms with van der Waals surface area (Å²) in [6.45, 7) is 13.2. The topological polar surface area (TPSA) is 89.8 Å². The molecule has 0 bridgehead atoms. The Kier molecular flexibility index (Phi) is 14.5. The van der Waals surface area contributed by atoms with Crippen LogP contribution in [0, 0.1) is 6.92 Å². The molecule has 0 atom stereocenters. The molecule has 32 heavy (non-hydrogen) atoms. The van der Waals surface area contributed by atoms with E-state index < -0.39 is 17.5 Å². The first-order valence-electron chi connectivity index (χ1n) is 10.5. The van der Waals surface area contributed by atoms with E-state index in [1.807, 2.05) is 37.3 Å². The van der Waals surface area contributed by atoms with Crippen LogP contribution in [-0.4, -0.2) is 41.9 Å². The first kappa shape index (κ1) is 31.0. The Morgan fingerprint density at radius 3 is 1.91 bits per heavy atom. The molecule has 7 nitrogen and oxygen atoms in total. The normalized spacial score (nSPS) is 10.5. The maximum Gasteiger partial charge on any atom is 1.00 e. The maximum absolute atomic E-state index is 12.7. The van der Waals surface area contributed by atoms with E-state index in [1.165, 1.54) is 0 Å². The zero-order valence-electron chi connectivity index (χ0n) is 20.6. The van der Waals surface area contributed by atoms with E-state index in [2.05, 4.69) is 0 Å². The van der Waals surface area contributed by atoms with Crippen molar-refractivity contribution in [3.05, 3.63) is 47.3 Å². The molecule has 0 spiro atoms. The fourth-order valence-corrected chi connectivity index (χ4v) is 2.83. The molecule has 0 N–H and O–H groups in total. The molecule has 1 aromatic heterocycles. The van der Waals surface area contributed by atoms with Gasteiger partial charge in [0, 0.05) is 17.9 Å². The van der Waals surface area contributed by atoms with Crippen LogP contribution in [0.2, 0.25) is 0 Å². The second kappa shape index (κ2) is 15.0. The molecule has 0 fully saturated rings. The molecule has 1 heterocycles. The Labute approximate surface area is 233 Å². The molecule has 0 aliphatic rings. The van der Waals surface area contributed by atoms with Crippen LogP contribution < -0.4 is 56.5 Å². The average Bonchev–Trinajstić information content (AvgIpc) is 2.98. The van der Waals surface area contributed by atoms with Gasteiger partial charge in [0.15, 0.2) is 0 Å². The Hall–Kier alpha value is -1.00. The van der Waals surface area contributed by atoms with Crippen molar-refractivity contribution in [2.24, 2.45) is 0 Å². The van der Waals surface area contributed by atoms with Gasteiger partial charge in [-0.25, -0.2) is 9.59 Å². The molecule has 8 heteroatoms. The predicted octanol–water partition coefficient (Wildman–Crippen LogP) is 0.960. The van der Waals surface area contributed by atoms with Crippen LogP contribution in [0.25, 0.3) is 11.1 Å². The SMILES string of the molecule is CC(C)(C)[O-].CCOCn1c(C)c(C(=O)OCC)c(-c2ccccc2)c1C(=O)OCC.[K+]. The van der Waals surface area contributed by atoms with Crippen LogP contribution in [0.5, 0.6) is 0 Å². The first-order chi connectivity index (χ1) is 14.6. The van der Waals surface area contributed by atoms with Crippen molar-refractivity contribution in [1.29, 1.82) is 0 Å². The molecule has 2 aromatic rings. The van der Waals surface area contributed by atoms with Crippen molar-refractivity contribution in [3.63, 3.8) is 0 Å². The number of esters is 2. The molecular formula is C24H34KNO6. The summed E-state index contributed by atoms with van der Waals surface area (Å²) in [5.41, 5.74) is 1.78. The summed E-state index contributed by atoms with van der Waals surface area (Å²) >= 11 is 0. The van der Waals surface area contributed by atoms with Gasteiger partial charge in [0.2, 0.25) is 0 Å². The second-order valence-corrected chi connectivity index (χ2v) is 7.65. The van der Waals surface area contributed by atoms with Crippen molar-refractivity contribution < 1.29 is 80.3 Å². The zero-order chi connectivity index (χ0) is 23.6. The minimum atomic E-state index is -0.750. The van der Waals surface area contributed by atoms with Crippen LogP contribution in [0.3, 0.4) is 0 Å². The Morgan fingerprint density at radius 2 is 1.44 bits per heavy atom. The molecular weight excluding hydrogens is 437 g/mol. The van der Waals surface area contributed by atoms with Crippen molar-refractivity contribution >= 4 is 11.9 Å². The van der Waals surface area contributed by atoms with Gasteiger partial charge >= 0.3 is 63.3 Å². The van der Waals surface area contributed by atoms with Gasteiger partial charge in [-0.05, 0) is 33.3 Å². The summed E-state index contributed by atoms with van der Waals surface area (Å²) in [5, 5.41) is 10.1. The summed E-state index contributed by atoms with van der Waals surface area (Å²) < 4.78 is 17.7. The number of hydrogen-bond acceptors (Lipinski definition) is 6. The summed E-state index contributed by atoms with van der Waals surface area (Å²) in [6.07, 6.45) is 0. The van der Waals surface area contributed by atoms with E-state index in [1.54, 1.807) is 46.1 Å². The standard InChI is InChI=1S/C20H25NO5.C4H9O.K/c1-5-24-13-21-14(4)16(19(22)25-6-2)17(15-11-9-8-10-12-15)18(21)20(23)26-7-3;1-4(2,3)5;/h8-12H,5-7,13H2,1-4H3;1-3H3;/q;-1;+1. The van der Waals surface area contributed by atoms with E-state index in [9.17, 15) is 14.7 Å². The van der Waals surface area contributed by atoms with E-state index in [4.69, 9.17) is 14.2 Å². The quantitative estimate of drug-likeness (QED) is 0.421. The third-order valence-electron chi connectivity index (χ3n) is 3.96. The molecule has 0 amide bonds. The molecule has 1 aromatic carbocycles. The van der Waals surface area contributed by atoms with Crippen molar-refractivity contribution in [2.75, 3.05) is 19.8 Å². The van der Waals surface area contributed by atoms with E-state index >= 15 is 0 Å². The van der Waals surface area contributed by atoms with Gasteiger partial charge in [-0.1, -0.05) is 51.1 Å². The first-order valence-corrected chi connectivity index (χ1v) is 10.5. The summed E-state index contributed by atoms with van der Waals surface area (Å²) in [7, 11) is 0. The van der Waals surface area contributed by atoms with Gasteiger partial charge in [0.05, 0.1) is 18.8 Å². The molecule has 0 unspecified atom stereocenters. The minimum absolute atomic E-state index is 0. The third-order valence-corrected chi connectivity index (χ3v) is 3.96. The molecule has 0 aliphatic heterocycles. The van der Waals surface area contributed by atoms with Gasteiger partial charge in [-0.15, -0.1) is 5.60 Å². The second-order valence-electron chi connectivity index (χ2n) is 7.65. The van der Waals surface area contributed by atoms with Crippen LogP contribution in [0.4, 0.5) is 0 Å².